The minimum atomic E-state index is -0.620. The second-order valence-corrected chi connectivity index (χ2v) is 3.41. The highest BCUT2D eigenvalue weighted by molar-refractivity contribution is 5.53. The lowest BCUT2D eigenvalue weighted by Crippen LogP contribution is -2.23. The number of ether oxygens (including phenoxy) is 1. The Labute approximate surface area is 88.8 Å². The predicted octanol–water partition coefficient (Wildman–Crippen LogP) is 0.760. The van der Waals surface area contributed by atoms with Crippen molar-refractivity contribution in [3.63, 3.8) is 0 Å². The molecule has 4 nitrogen and oxygen atoms in total. The molecule has 1 aliphatic rings. The third kappa shape index (κ3) is 3.87. The summed E-state index contributed by atoms with van der Waals surface area (Å²) in [5.41, 5.74) is 0. The van der Waals surface area contributed by atoms with Gasteiger partial charge in [0, 0.05) is 5.92 Å². The number of fused-ring (bicyclic) bond motifs is 1. The van der Waals surface area contributed by atoms with Crippen LogP contribution in [0.5, 0.6) is 11.5 Å². The first-order valence-electron chi connectivity index (χ1n) is 4.85. The Bertz CT molecular complexity index is 273. The molecule has 0 aromatic heterocycles. The third-order valence-corrected chi connectivity index (χ3v) is 2.18. The number of rotatable bonds is 3. The second-order valence-electron chi connectivity index (χ2n) is 3.41. The molecule has 0 saturated heterocycles. The Hall–Kier alpha value is -1.10. The number of hydrogen-bond donors (Lipinski definition) is 3. The van der Waals surface area contributed by atoms with Crippen LogP contribution in [0, 0.1) is 5.92 Å². The first kappa shape index (κ1) is 12.0. The van der Waals surface area contributed by atoms with Crippen LogP contribution >= 0.6 is 0 Å². The van der Waals surface area contributed by atoms with E-state index in [0.717, 1.165) is 11.5 Å². The van der Waals surface area contributed by atoms with Gasteiger partial charge in [-0.3, -0.25) is 0 Å². The monoisotopic (exact) mass is 212 g/mol. The summed E-state index contributed by atoms with van der Waals surface area (Å²) in [7, 11) is 0. The smallest absolute Gasteiger partial charge is 0.170 e. The molecule has 0 amide bonds. The van der Waals surface area contributed by atoms with Gasteiger partial charge in [-0.25, -0.2) is 0 Å². The van der Waals surface area contributed by atoms with E-state index < -0.39 is 6.10 Å². The highest BCUT2D eigenvalue weighted by atomic mass is 16.6. The summed E-state index contributed by atoms with van der Waals surface area (Å²) in [6.45, 7) is 1.22. The van der Waals surface area contributed by atoms with Crippen molar-refractivity contribution >= 4 is 0 Å². The average Bonchev–Trinajstić information content (AvgIpc) is 2.98. The summed E-state index contributed by atoms with van der Waals surface area (Å²) in [6, 6.07) is 7.84. The fourth-order valence-corrected chi connectivity index (χ4v) is 0.974. The topological polar surface area (TPSA) is 73.2 Å². The highest BCUT2D eigenvalue weighted by Gasteiger charge is 2.15. The van der Waals surface area contributed by atoms with Crippen molar-refractivity contribution in [3.05, 3.63) is 24.3 Å². The molecule has 1 unspecified atom stereocenters. The maximum atomic E-state index is 8.69. The first-order chi connectivity index (χ1) is 7.19. The van der Waals surface area contributed by atoms with E-state index in [2.05, 4.69) is 0 Å². The van der Waals surface area contributed by atoms with Crippen LogP contribution < -0.4 is 4.74 Å². The predicted molar refractivity (Wildman–Crippen MR) is 55.9 cm³/mol. The number of benzene rings is 1. The quantitative estimate of drug-likeness (QED) is 0.657. The Morgan fingerprint density at radius 3 is 1.80 bits per heavy atom. The standard InChI is InChI=1S/C6H4O.C5H12O3/c1-2-4-6-5(3-1)7-6;1-4(8)5(2-6)3-7/h1-4H;4-8H,2-3H2,1H3. The van der Waals surface area contributed by atoms with Crippen LogP contribution in [-0.4, -0.2) is 34.6 Å². The molecule has 1 aromatic rings. The van der Waals surface area contributed by atoms with Crippen LogP contribution in [0.2, 0.25) is 0 Å². The van der Waals surface area contributed by atoms with E-state index in [9.17, 15) is 0 Å². The van der Waals surface area contributed by atoms with Gasteiger partial charge in [-0.15, -0.1) is 0 Å². The normalized spacial score (nSPS) is 13.4. The van der Waals surface area contributed by atoms with Crippen LogP contribution in [0.25, 0.3) is 0 Å². The summed E-state index contributed by atoms with van der Waals surface area (Å²) in [5, 5.41) is 25.4. The Morgan fingerprint density at radius 1 is 1.13 bits per heavy atom. The number of hydrogen-bond acceptors (Lipinski definition) is 4. The summed E-state index contributed by atoms with van der Waals surface area (Å²) in [5.74, 6) is 1.68. The molecule has 0 saturated carbocycles. The van der Waals surface area contributed by atoms with Gasteiger partial charge in [0.25, 0.3) is 0 Å². The molecule has 0 fully saturated rings. The minimum Gasteiger partial charge on any atom is -0.450 e. The summed E-state index contributed by atoms with van der Waals surface area (Å²) >= 11 is 0. The van der Waals surface area contributed by atoms with E-state index in [4.69, 9.17) is 20.1 Å². The van der Waals surface area contributed by atoms with E-state index in [0.29, 0.717) is 0 Å². The van der Waals surface area contributed by atoms with Gasteiger partial charge in [0.15, 0.2) is 11.5 Å². The van der Waals surface area contributed by atoms with Gasteiger partial charge in [0.2, 0.25) is 0 Å². The largest absolute Gasteiger partial charge is 0.450 e. The zero-order valence-corrected chi connectivity index (χ0v) is 8.63. The van der Waals surface area contributed by atoms with Gasteiger partial charge in [-0.05, 0) is 19.1 Å². The van der Waals surface area contributed by atoms with Crippen molar-refractivity contribution in [2.75, 3.05) is 13.2 Å². The fourth-order valence-electron chi connectivity index (χ4n) is 0.974. The molecule has 0 aliphatic carbocycles. The van der Waals surface area contributed by atoms with Gasteiger partial charge in [-0.2, -0.15) is 0 Å². The third-order valence-electron chi connectivity index (χ3n) is 2.18. The summed E-state index contributed by atoms with van der Waals surface area (Å²) < 4.78 is 4.94. The first-order valence-corrected chi connectivity index (χ1v) is 4.85. The molecule has 2 rings (SSSR count). The molecule has 0 spiro atoms. The van der Waals surface area contributed by atoms with Crippen molar-refractivity contribution < 1.29 is 20.1 Å². The van der Waals surface area contributed by atoms with E-state index in [1.54, 1.807) is 0 Å². The Balaban J connectivity index is 0.000000150. The van der Waals surface area contributed by atoms with Gasteiger partial charge in [0.05, 0.1) is 19.3 Å². The lowest BCUT2D eigenvalue weighted by atomic mass is 10.1. The van der Waals surface area contributed by atoms with E-state index in [-0.39, 0.29) is 19.1 Å². The van der Waals surface area contributed by atoms with Gasteiger partial charge >= 0.3 is 0 Å². The van der Waals surface area contributed by atoms with Gasteiger partial charge < -0.3 is 20.1 Å². The Kier molecular flexibility index (Phi) is 4.55. The molecule has 84 valence electrons. The van der Waals surface area contributed by atoms with Crippen LogP contribution in [0.15, 0.2) is 24.3 Å². The molecule has 0 bridgehead atoms. The number of aliphatic hydroxyl groups is 3. The number of aliphatic hydroxyl groups excluding tert-OH is 3. The molecule has 1 atom stereocenters. The zero-order valence-electron chi connectivity index (χ0n) is 8.63. The number of para-hydroxylation sites is 2. The molecular formula is C11H16O4. The van der Waals surface area contributed by atoms with Crippen molar-refractivity contribution in [1.82, 2.24) is 0 Å². The summed E-state index contributed by atoms with van der Waals surface area (Å²) in [6.07, 6.45) is -0.620. The summed E-state index contributed by atoms with van der Waals surface area (Å²) in [4.78, 5) is 0. The fraction of sp³-hybridized carbons (Fsp3) is 0.455. The zero-order chi connectivity index (χ0) is 11.3. The Morgan fingerprint density at radius 2 is 1.60 bits per heavy atom. The van der Waals surface area contributed by atoms with Gasteiger partial charge in [0.1, 0.15) is 0 Å². The molecule has 1 heterocycles. The highest BCUT2D eigenvalue weighted by Crippen LogP contribution is 2.43. The van der Waals surface area contributed by atoms with Crippen LogP contribution in [0.3, 0.4) is 0 Å². The van der Waals surface area contributed by atoms with Crippen molar-refractivity contribution in [2.45, 2.75) is 13.0 Å². The second kappa shape index (κ2) is 5.70. The lowest BCUT2D eigenvalue weighted by Gasteiger charge is -2.12. The molecule has 1 aliphatic heterocycles. The molecule has 0 radical (unpaired) electrons. The lowest BCUT2D eigenvalue weighted by molar-refractivity contribution is 0.0430. The van der Waals surface area contributed by atoms with E-state index in [1.165, 1.54) is 6.92 Å². The molecule has 15 heavy (non-hydrogen) atoms. The van der Waals surface area contributed by atoms with Crippen molar-refractivity contribution in [3.8, 4) is 11.5 Å². The molecule has 1 aromatic carbocycles. The average molecular weight is 212 g/mol. The maximum Gasteiger partial charge on any atom is 0.170 e. The van der Waals surface area contributed by atoms with E-state index in [1.807, 2.05) is 24.3 Å². The molecular weight excluding hydrogens is 196 g/mol. The van der Waals surface area contributed by atoms with Crippen LogP contribution in [0.4, 0.5) is 0 Å². The molecule has 4 heteroatoms. The van der Waals surface area contributed by atoms with E-state index >= 15 is 0 Å². The van der Waals surface area contributed by atoms with Crippen molar-refractivity contribution in [1.29, 1.82) is 0 Å². The van der Waals surface area contributed by atoms with Crippen LogP contribution in [0.1, 0.15) is 6.92 Å². The molecule has 3 N–H and O–H groups in total. The minimum absolute atomic E-state index is 0.159. The van der Waals surface area contributed by atoms with Crippen LogP contribution in [-0.2, 0) is 0 Å². The maximum absolute atomic E-state index is 8.69. The SMILES string of the molecule is CC(O)C(CO)CO.c1ccc2c(c1)O2. The van der Waals surface area contributed by atoms with Crippen molar-refractivity contribution in [2.24, 2.45) is 5.92 Å². The van der Waals surface area contributed by atoms with Gasteiger partial charge in [-0.1, -0.05) is 12.1 Å².